The number of nitrogens with one attached hydrogen (secondary N) is 1. The molecular formula is C18H19FN2O2S. The average Bonchev–Trinajstić information content (AvgIpc) is 2.98. The number of H-pyrrole nitrogens is 1. The van der Waals surface area contributed by atoms with Gasteiger partial charge in [0.2, 0.25) is 10.0 Å². The van der Waals surface area contributed by atoms with Crippen LogP contribution >= 0.6 is 0 Å². The largest absolute Gasteiger partial charge is 0.361 e. The minimum Gasteiger partial charge on any atom is -0.361 e. The van der Waals surface area contributed by atoms with Gasteiger partial charge in [0.25, 0.3) is 0 Å². The van der Waals surface area contributed by atoms with Crippen LogP contribution in [-0.2, 0) is 16.4 Å². The third-order valence-electron chi connectivity index (χ3n) is 4.21. The summed E-state index contributed by atoms with van der Waals surface area (Å²) in [6.07, 6.45) is 2.51. The van der Waals surface area contributed by atoms with Crippen LogP contribution in [0.2, 0.25) is 0 Å². The Kier molecular flexibility index (Phi) is 4.43. The zero-order valence-electron chi connectivity index (χ0n) is 13.6. The summed E-state index contributed by atoms with van der Waals surface area (Å²) >= 11 is 0. The Hall–Kier alpha value is -2.18. The monoisotopic (exact) mass is 346 g/mol. The molecule has 1 heterocycles. The fourth-order valence-electron chi connectivity index (χ4n) is 2.69. The van der Waals surface area contributed by atoms with E-state index in [9.17, 15) is 12.8 Å². The maximum atomic E-state index is 13.4. The summed E-state index contributed by atoms with van der Waals surface area (Å²) in [7, 11) is -2.08. The number of likely N-dealkylation sites (N-methyl/N-ethyl adjacent to an activating group) is 1. The number of nitrogens with zero attached hydrogens (tertiary/aromatic N) is 1. The Bertz CT molecular complexity index is 980. The number of aromatic nitrogens is 1. The molecule has 0 saturated carbocycles. The number of hydrogen-bond acceptors (Lipinski definition) is 2. The number of rotatable bonds is 5. The molecule has 6 heteroatoms. The minimum absolute atomic E-state index is 0.114. The van der Waals surface area contributed by atoms with E-state index >= 15 is 0 Å². The molecule has 3 aromatic rings. The first-order chi connectivity index (χ1) is 11.4. The SMILES string of the molecule is Cc1cc(S(=O)(=O)N(C)CCc2c[nH]c3ccccc23)ccc1F. The van der Waals surface area contributed by atoms with E-state index in [2.05, 4.69) is 4.98 Å². The van der Waals surface area contributed by atoms with Crippen LogP contribution in [0, 0.1) is 12.7 Å². The van der Waals surface area contributed by atoms with E-state index in [0.29, 0.717) is 18.5 Å². The molecule has 0 bridgehead atoms. The second kappa shape index (κ2) is 6.37. The number of hydrogen-bond donors (Lipinski definition) is 1. The lowest BCUT2D eigenvalue weighted by Crippen LogP contribution is -2.29. The van der Waals surface area contributed by atoms with Crippen LogP contribution in [0.25, 0.3) is 10.9 Å². The lowest BCUT2D eigenvalue weighted by atomic mass is 10.1. The first-order valence-corrected chi connectivity index (χ1v) is 9.11. The van der Waals surface area contributed by atoms with Crippen LogP contribution < -0.4 is 0 Å². The highest BCUT2D eigenvalue weighted by atomic mass is 32.2. The molecule has 3 rings (SSSR count). The zero-order chi connectivity index (χ0) is 17.3. The van der Waals surface area contributed by atoms with Gasteiger partial charge in [0.1, 0.15) is 5.82 Å². The van der Waals surface area contributed by atoms with Crippen LogP contribution in [0.5, 0.6) is 0 Å². The molecule has 0 saturated heterocycles. The van der Waals surface area contributed by atoms with Gasteiger partial charge in [0, 0.05) is 30.7 Å². The van der Waals surface area contributed by atoms with E-state index in [0.717, 1.165) is 16.5 Å². The molecule has 2 aromatic carbocycles. The van der Waals surface area contributed by atoms with Gasteiger partial charge in [-0.25, -0.2) is 17.1 Å². The van der Waals surface area contributed by atoms with Crippen LogP contribution in [0.15, 0.2) is 53.6 Å². The standard InChI is InChI=1S/C18H19FN2O2S/c1-13-11-15(7-8-17(13)19)24(22,23)21(2)10-9-14-12-20-18-6-4-3-5-16(14)18/h3-8,11-12,20H,9-10H2,1-2H3. The third kappa shape index (κ3) is 3.07. The summed E-state index contributed by atoms with van der Waals surface area (Å²) in [6, 6.07) is 11.8. The van der Waals surface area contributed by atoms with Gasteiger partial charge in [-0.15, -0.1) is 0 Å². The van der Waals surface area contributed by atoms with Crippen molar-refractivity contribution in [2.24, 2.45) is 0 Å². The Morgan fingerprint density at radius 2 is 1.92 bits per heavy atom. The summed E-state index contributed by atoms with van der Waals surface area (Å²) in [5.74, 6) is -0.407. The van der Waals surface area contributed by atoms with E-state index < -0.39 is 15.8 Å². The summed E-state index contributed by atoms with van der Waals surface area (Å²) < 4.78 is 39.9. The van der Waals surface area contributed by atoms with E-state index in [1.807, 2.05) is 30.5 Å². The quantitative estimate of drug-likeness (QED) is 0.769. The van der Waals surface area contributed by atoms with Gasteiger partial charge < -0.3 is 4.98 Å². The Morgan fingerprint density at radius 1 is 1.17 bits per heavy atom. The van der Waals surface area contributed by atoms with Gasteiger partial charge in [0.05, 0.1) is 4.90 Å². The van der Waals surface area contributed by atoms with E-state index in [1.165, 1.54) is 22.5 Å². The molecule has 1 N–H and O–H groups in total. The molecule has 24 heavy (non-hydrogen) atoms. The Morgan fingerprint density at radius 3 is 2.67 bits per heavy atom. The fraction of sp³-hybridized carbons (Fsp3) is 0.222. The van der Waals surface area contributed by atoms with Crippen molar-refractivity contribution >= 4 is 20.9 Å². The predicted octanol–water partition coefficient (Wildman–Crippen LogP) is 3.48. The average molecular weight is 346 g/mol. The molecule has 1 aromatic heterocycles. The molecule has 0 amide bonds. The number of para-hydroxylation sites is 1. The highest BCUT2D eigenvalue weighted by Crippen LogP contribution is 2.21. The summed E-state index contributed by atoms with van der Waals surface area (Å²) in [4.78, 5) is 3.30. The molecule has 4 nitrogen and oxygen atoms in total. The predicted molar refractivity (Wildman–Crippen MR) is 93.0 cm³/mol. The Balaban J connectivity index is 1.78. The van der Waals surface area contributed by atoms with Gasteiger partial charge in [-0.1, -0.05) is 18.2 Å². The van der Waals surface area contributed by atoms with Crippen molar-refractivity contribution in [3.8, 4) is 0 Å². The zero-order valence-corrected chi connectivity index (χ0v) is 14.4. The first-order valence-electron chi connectivity index (χ1n) is 7.67. The van der Waals surface area contributed by atoms with Gasteiger partial charge in [0.15, 0.2) is 0 Å². The van der Waals surface area contributed by atoms with Gasteiger partial charge in [-0.3, -0.25) is 0 Å². The maximum Gasteiger partial charge on any atom is 0.242 e. The van der Waals surface area contributed by atoms with Gasteiger partial charge in [-0.05, 0) is 48.7 Å². The number of aryl methyl sites for hydroxylation is 1. The van der Waals surface area contributed by atoms with E-state index in [1.54, 1.807) is 14.0 Å². The van der Waals surface area contributed by atoms with E-state index in [-0.39, 0.29) is 4.90 Å². The second-order valence-corrected chi connectivity index (χ2v) is 7.89. The molecular weight excluding hydrogens is 327 g/mol. The van der Waals surface area contributed by atoms with Crippen LogP contribution in [0.4, 0.5) is 4.39 Å². The molecule has 0 aliphatic rings. The third-order valence-corrected chi connectivity index (χ3v) is 6.06. The van der Waals surface area contributed by atoms with Crippen molar-refractivity contribution in [3.63, 3.8) is 0 Å². The number of halogens is 1. The summed E-state index contributed by atoms with van der Waals surface area (Å²) in [6.45, 7) is 1.90. The minimum atomic E-state index is -3.63. The van der Waals surface area contributed by atoms with Crippen molar-refractivity contribution in [3.05, 3.63) is 65.6 Å². The van der Waals surface area contributed by atoms with Crippen LogP contribution in [-0.4, -0.2) is 31.3 Å². The highest BCUT2D eigenvalue weighted by Gasteiger charge is 2.21. The lowest BCUT2D eigenvalue weighted by Gasteiger charge is -2.17. The van der Waals surface area contributed by atoms with Crippen LogP contribution in [0.3, 0.4) is 0 Å². The smallest absolute Gasteiger partial charge is 0.242 e. The number of aromatic amines is 1. The summed E-state index contributed by atoms with van der Waals surface area (Å²) in [5.41, 5.74) is 2.43. The van der Waals surface area contributed by atoms with Crippen molar-refractivity contribution in [2.75, 3.05) is 13.6 Å². The van der Waals surface area contributed by atoms with Crippen LogP contribution in [0.1, 0.15) is 11.1 Å². The maximum absolute atomic E-state index is 13.4. The number of fused-ring (bicyclic) bond motifs is 1. The lowest BCUT2D eigenvalue weighted by molar-refractivity contribution is 0.472. The molecule has 126 valence electrons. The fourth-order valence-corrected chi connectivity index (χ4v) is 3.95. The molecule has 0 aliphatic carbocycles. The molecule has 0 aliphatic heterocycles. The summed E-state index contributed by atoms with van der Waals surface area (Å²) in [5, 5.41) is 1.10. The van der Waals surface area contributed by atoms with E-state index in [4.69, 9.17) is 0 Å². The highest BCUT2D eigenvalue weighted by molar-refractivity contribution is 7.89. The number of sulfonamides is 1. The second-order valence-electron chi connectivity index (χ2n) is 5.85. The normalized spacial score (nSPS) is 12.2. The molecule has 0 fully saturated rings. The van der Waals surface area contributed by atoms with Crippen molar-refractivity contribution in [1.29, 1.82) is 0 Å². The van der Waals surface area contributed by atoms with Gasteiger partial charge >= 0.3 is 0 Å². The van der Waals surface area contributed by atoms with Crippen molar-refractivity contribution < 1.29 is 12.8 Å². The number of benzene rings is 2. The van der Waals surface area contributed by atoms with Crippen molar-refractivity contribution in [2.45, 2.75) is 18.2 Å². The molecule has 0 radical (unpaired) electrons. The first kappa shape index (κ1) is 16.7. The molecule has 0 atom stereocenters. The molecule has 0 unspecified atom stereocenters. The van der Waals surface area contributed by atoms with Crippen molar-refractivity contribution in [1.82, 2.24) is 9.29 Å². The molecule has 0 spiro atoms. The topological polar surface area (TPSA) is 53.2 Å². The van der Waals surface area contributed by atoms with Gasteiger partial charge in [-0.2, -0.15) is 0 Å². The Labute approximate surface area is 141 Å².